The fourth-order valence-electron chi connectivity index (χ4n) is 6.09. The van der Waals surface area contributed by atoms with Gasteiger partial charge in [-0.2, -0.15) is 13.2 Å². The molecule has 40 heavy (non-hydrogen) atoms. The Bertz CT molecular complexity index is 1270. The van der Waals surface area contributed by atoms with Gasteiger partial charge >= 0.3 is 6.18 Å². The van der Waals surface area contributed by atoms with Crippen LogP contribution in [-0.2, 0) is 5.41 Å². The third-order valence-corrected chi connectivity index (χ3v) is 8.34. The van der Waals surface area contributed by atoms with E-state index in [1.54, 1.807) is 13.2 Å². The molecule has 5 rings (SSSR count). The lowest BCUT2D eigenvalue weighted by Crippen LogP contribution is -2.42. The van der Waals surface area contributed by atoms with Gasteiger partial charge in [0.1, 0.15) is 22.8 Å². The smallest absolute Gasteiger partial charge is 0.401 e. The van der Waals surface area contributed by atoms with Gasteiger partial charge in [-0.1, -0.05) is 44.9 Å². The van der Waals surface area contributed by atoms with Gasteiger partial charge in [-0.15, -0.1) is 0 Å². The summed E-state index contributed by atoms with van der Waals surface area (Å²) in [5.41, 5.74) is 0.545. The van der Waals surface area contributed by atoms with Crippen LogP contribution in [0.25, 0.3) is 10.9 Å². The molecule has 0 amide bonds. The zero-order chi connectivity index (χ0) is 28.9. The van der Waals surface area contributed by atoms with Crippen molar-refractivity contribution in [2.24, 2.45) is 0 Å². The molecular weight excluding hydrogens is 517 g/mol. The number of hydrogen-bond donors (Lipinski definition) is 1. The number of aliphatic hydroxyl groups is 1. The number of benzene rings is 2. The Morgan fingerprint density at radius 2 is 1.73 bits per heavy atom. The topological polar surface area (TPSA) is 61.7 Å². The second kappa shape index (κ2) is 12.6. The van der Waals surface area contributed by atoms with Crippen molar-refractivity contribution in [3.63, 3.8) is 0 Å². The minimum atomic E-state index is -4.41. The van der Waals surface area contributed by atoms with E-state index in [0.717, 1.165) is 35.2 Å². The normalized spacial score (nSPS) is 17.4. The van der Waals surface area contributed by atoms with Crippen LogP contribution in [0.2, 0.25) is 0 Å². The maximum Gasteiger partial charge on any atom is 0.401 e. The number of alkyl halides is 3. The Morgan fingerprint density at radius 1 is 1.05 bits per heavy atom. The second-order valence-corrected chi connectivity index (χ2v) is 10.5. The highest BCUT2D eigenvalue weighted by atomic mass is 19.4. The molecule has 0 unspecified atom stereocenters. The van der Waals surface area contributed by atoms with Crippen LogP contribution < -0.4 is 14.5 Å². The van der Waals surface area contributed by atoms with Crippen LogP contribution in [0.4, 0.5) is 24.7 Å². The number of anilines is 2. The quantitative estimate of drug-likeness (QED) is 0.342. The number of para-hydroxylation sites is 1. The molecule has 0 atom stereocenters. The van der Waals surface area contributed by atoms with Crippen LogP contribution >= 0.6 is 0 Å². The first kappa shape index (κ1) is 29.9. The lowest BCUT2D eigenvalue weighted by atomic mass is 9.84. The van der Waals surface area contributed by atoms with Crippen LogP contribution in [0.5, 0.6) is 5.75 Å². The first-order valence-electron chi connectivity index (χ1n) is 14.4. The summed E-state index contributed by atoms with van der Waals surface area (Å²) in [5, 5.41) is 10.1. The van der Waals surface area contributed by atoms with Crippen LogP contribution in [-0.4, -0.2) is 61.6 Å². The highest BCUT2D eigenvalue weighted by molar-refractivity contribution is 5.92. The summed E-state index contributed by atoms with van der Waals surface area (Å²) in [6, 6.07) is 13.6. The Morgan fingerprint density at radius 3 is 2.35 bits per heavy atom. The zero-order valence-corrected chi connectivity index (χ0v) is 24.0. The highest BCUT2D eigenvalue weighted by Gasteiger charge is 2.59. The molecule has 0 radical (unpaired) electrons. The Labute approximate surface area is 235 Å². The SMILES string of the molecule is CC.COc1ccccc1C1CCN(c2nc(C3(C(F)(F)F)CCCC3)nc3ccc(N(C)CCO)cc23)CC1. The van der Waals surface area contributed by atoms with E-state index in [4.69, 9.17) is 9.72 Å². The van der Waals surface area contributed by atoms with E-state index in [-0.39, 0.29) is 25.3 Å². The zero-order valence-electron chi connectivity index (χ0n) is 24.0. The highest BCUT2D eigenvalue weighted by Crippen LogP contribution is 2.52. The molecule has 2 fully saturated rings. The number of halogens is 3. The predicted molar refractivity (Wildman–Crippen MR) is 155 cm³/mol. The number of ether oxygens (including phenoxy) is 1. The number of nitrogens with zero attached hydrogens (tertiary/aromatic N) is 4. The lowest BCUT2D eigenvalue weighted by Gasteiger charge is -2.36. The molecule has 1 aliphatic heterocycles. The molecule has 3 aromatic rings. The van der Waals surface area contributed by atoms with E-state index >= 15 is 0 Å². The van der Waals surface area contributed by atoms with Gasteiger partial charge in [0, 0.05) is 37.8 Å². The van der Waals surface area contributed by atoms with Crippen LogP contribution in [0, 0.1) is 0 Å². The molecule has 1 saturated heterocycles. The molecule has 1 aromatic heterocycles. The number of fused-ring (bicyclic) bond motifs is 1. The third-order valence-electron chi connectivity index (χ3n) is 8.34. The average Bonchev–Trinajstić information content (AvgIpc) is 3.50. The van der Waals surface area contributed by atoms with Gasteiger partial charge in [-0.25, -0.2) is 9.97 Å². The molecule has 2 aromatic carbocycles. The molecule has 0 spiro atoms. The lowest BCUT2D eigenvalue weighted by molar-refractivity contribution is -0.191. The summed E-state index contributed by atoms with van der Waals surface area (Å²) >= 11 is 0. The fourth-order valence-corrected chi connectivity index (χ4v) is 6.09. The van der Waals surface area contributed by atoms with Gasteiger partial charge in [-0.3, -0.25) is 0 Å². The fraction of sp³-hybridized carbons (Fsp3) is 0.548. The molecule has 218 valence electrons. The van der Waals surface area contributed by atoms with Crippen LogP contribution in [0.15, 0.2) is 42.5 Å². The maximum atomic E-state index is 14.5. The molecule has 1 N–H and O–H groups in total. The predicted octanol–water partition coefficient (Wildman–Crippen LogP) is 6.85. The Hall–Kier alpha value is -3.07. The summed E-state index contributed by atoms with van der Waals surface area (Å²) in [7, 11) is 3.55. The monoisotopic (exact) mass is 558 g/mol. The molecule has 2 heterocycles. The van der Waals surface area contributed by atoms with Crippen molar-refractivity contribution in [3.05, 3.63) is 53.9 Å². The standard InChI is InChI=1S/C29H35F3N4O2.C2H6/c1-35(17-18-37)21-9-10-24-23(19-21)26(34-27(33-24)28(29(30,31)32)13-5-6-14-28)36-15-11-20(12-16-36)22-7-3-4-8-25(22)38-2;1-2/h3-4,7-10,19-20,37H,5-6,11-18H2,1-2H3;1-2H3. The summed E-state index contributed by atoms with van der Waals surface area (Å²) < 4.78 is 49.1. The Kier molecular flexibility index (Phi) is 9.44. The van der Waals surface area contributed by atoms with E-state index in [1.165, 1.54) is 0 Å². The second-order valence-electron chi connectivity index (χ2n) is 10.5. The maximum absolute atomic E-state index is 14.5. The number of rotatable bonds is 7. The summed E-state index contributed by atoms with van der Waals surface area (Å²) in [6.45, 7) is 5.79. The molecule has 0 bridgehead atoms. The number of aromatic nitrogens is 2. The van der Waals surface area contributed by atoms with Crippen molar-refractivity contribution < 1.29 is 23.0 Å². The number of methoxy groups -OCH3 is 1. The third kappa shape index (κ3) is 5.71. The van der Waals surface area contributed by atoms with E-state index in [9.17, 15) is 18.3 Å². The number of hydrogen-bond acceptors (Lipinski definition) is 6. The number of piperidine rings is 1. The van der Waals surface area contributed by atoms with E-state index < -0.39 is 11.6 Å². The minimum absolute atomic E-state index is 0.00139. The van der Waals surface area contributed by atoms with Gasteiger partial charge < -0.3 is 19.6 Å². The summed E-state index contributed by atoms with van der Waals surface area (Å²) in [5.74, 6) is 1.63. The van der Waals surface area contributed by atoms with Crippen LogP contribution in [0.3, 0.4) is 0 Å². The number of likely N-dealkylation sites (N-methyl/N-ethyl adjacent to an activating group) is 1. The van der Waals surface area contributed by atoms with Crippen molar-refractivity contribution >= 4 is 22.4 Å². The van der Waals surface area contributed by atoms with Gasteiger partial charge in [-0.05, 0) is 61.4 Å². The van der Waals surface area contributed by atoms with Crippen molar-refractivity contribution in [3.8, 4) is 5.75 Å². The molecule has 9 heteroatoms. The van der Waals surface area contributed by atoms with E-state index in [2.05, 4.69) is 16.0 Å². The minimum Gasteiger partial charge on any atom is -0.496 e. The van der Waals surface area contributed by atoms with Crippen molar-refractivity contribution in [2.45, 2.75) is 69.9 Å². The largest absolute Gasteiger partial charge is 0.496 e. The molecule has 1 aliphatic carbocycles. The van der Waals surface area contributed by atoms with Crippen molar-refractivity contribution in [1.29, 1.82) is 0 Å². The van der Waals surface area contributed by atoms with Gasteiger partial charge in [0.15, 0.2) is 0 Å². The van der Waals surface area contributed by atoms with Crippen molar-refractivity contribution in [2.75, 3.05) is 50.2 Å². The molecule has 6 nitrogen and oxygen atoms in total. The van der Waals surface area contributed by atoms with Crippen molar-refractivity contribution in [1.82, 2.24) is 9.97 Å². The molecule has 2 aliphatic rings. The van der Waals surface area contributed by atoms with E-state index in [0.29, 0.717) is 49.7 Å². The molecular formula is C31H41F3N4O2. The first-order chi connectivity index (χ1) is 19.3. The van der Waals surface area contributed by atoms with Gasteiger partial charge in [0.2, 0.25) is 0 Å². The van der Waals surface area contributed by atoms with E-state index in [1.807, 2.05) is 56.1 Å². The van der Waals surface area contributed by atoms with Crippen LogP contribution in [0.1, 0.15) is 69.7 Å². The first-order valence-corrected chi connectivity index (χ1v) is 14.4. The van der Waals surface area contributed by atoms with Gasteiger partial charge in [0.25, 0.3) is 0 Å². The molecule has 1 saturated carbocycles. The Balaban J connectivity index is 0.00000181. The van der Waals surface area contributed by atoms with Gasteiger partial charge in [0.05, 0.1) is 19.2 Å². The average molecular weight is 559 g/mol. The number of aliphatic hydroxyl groups excluding tert-OH is 1. The summed E-state index contributed by atoms with van der Waals surface area (Å²) in [4.78, 5) is 13.3. The summed E-state index contributed by atoms with van der Waals surface area (Å²) in [6.07, 6.45) is -1.64.